The van der Waals surface area contributed by atoms with Crippen molar-refractivity contribution in [3.8, 4) is 0 Å². The highest BCUT2D eigenvalue weighted by Crippen LogP contribution is 2.45. The zero-order valence-corrected chi connectivity index (χ0v) is 20.5. The molecule has 0 spiro atoms. The van der Waals surface area contributed by atoms with Gasteiger partial charge >= 0.3 is 30.7 Å². The first-order valence-corrected chi connectivity index (χ1v) is 11.1. The second-order valence-electron chi connectivity index (χ2n) is 8.54. The Bertz CT molecular complexity index is 1610. The van der Waals surface area contributed by atoms with Gasteiger partial charge in [-0.3, -0.25) is 9.80 Å². The summed E-state index contributed by atoms with van der Waals surface area (Å²) in [6, 6.07) is -3.54. The minimum absolute atomic E-state index is 0.0173. The van der Waals surface area contributed by atoms with Crippen molar-refractivity contribution in [2.75, 3.05) is 18.6 Å². The molecular formula is C26H25F9N2O4. The van der Waals surface area contributed by atoms with Gasteiger partial charge in [-0.25, -0.2) is 9.59 Å². The number of benzene rings is 2. The summed E-state index contributed by atoms with van der Waals surface area (Å²) in [5, 5.41) is 0. The molecule has 0 saturated carbocycles. The largest absolute Gasteiger partial charge is 0.453 e. The second-order valence-corrected chi connectivity index (χ2v) is 8.54. The standard InChI is InChI=1S/C26H25F9N2O4/c1-4-18-12-21(19-11-15(24(27,28)29)6-7-20(19)37(18)23(39)41-5-2)36(22(38)40-3)13-14-8-16(25(30,31)32)10-17(9-14)26(33,34)35/h6-11,18,21H,4-5,12-13H2,1-3H3/i1D3,2D3,4D2,5D2. The number of carbonyl (C=O) groups is 2. The Kier molecular flexibility index (Phi) is 5.77. The quantitative estimate of drug-likeness (QED) is 0.321. The molecule has 1 heterocycles. The summed E-state index contributed by atoms with van der Waals surface area (Å²) in [5.74, 6) is 0. The van der Waals surface area contributed by atoms with Crippen LogP contribution in [0.25, 0.3) is 0 Å². The van der Waals surface area contributed by atoms with Crippen molar-refractivity contribution in [2.45, 2.75) is 63.7 Å². The molecule has 2 unspecified atom stereocenters. The van der Waals surface area contributed by atoms with Crippen LogP contribution < -0.4 is 4.90 Å². The molecule has 6 nitrogen and oxygen atoms in total. The molecule has 0 aliphatic carbocycles. The lowest BCUT2D eigenvalue weighted by Gasteiger charge is -2.43. The van der Waals surface area contributed by atoms with Gasteiger partial charge in [-0.05, 0) is 67.2 Å². The van der Waals surface area contributed by atoms with E-state index >= 15 is 0 Å². The van der Waals surface area contributed by atoms with E-state index < -0.39 is 116 Å². The van der Waals surface area contributed by atoms with Crippen molar-refractivity contribution < 1.29 is 72.3 Å². The molecule has 2 amide bonds. The topological polar surface area (TPSA) is 59.1 Å². The van der Waals surface area contributed by atoms with Crippen molar-refractivity contribution in [2.24, 2.45) is 0 Å². The Morgan fingerprint density at radius 1 is 0.951 bits per heavy atom. The fourth-order valence-corrected chi connectivity index (χ4v) is 4.29. The van der Waals surface area contributed by atoms with E-state index in [1.807, 2.05) is 0 Å². The fourth-order valence-electron chi connectivity index (χ4n) is 4.29. The third-order valence-electron chi connectivity index (χ3n) is 6.02. The number of anilines is 1. The summed E-state index contributed by atoms with van der Waals surface area (Å²) in [5.41, 5.74) is -7.92. The monoisotopic (exact) mass is 610 g/mol. The Morgan fingerprint density at radius 2 is 1.56 bits per heavy atom. The first kappa shape index (κ1) is 20.3. The van der Waals surface area contributed by atoms with Gasteiger partial charge in [-0.1, -0.05) is 6.85 Å². The summed E-state index contributed by atoms with van der Waals surface area (Å²) in [6.07, 6.45) is -24.7. The Balaban J connectivity index is 2.40. The smallest absolute Gasteiger partial charge is 0.416 e. The molecular weight excluding hydrogens is 575 g/mol. The van der Waals surface area contributed by atoms with Crippen molar-refractivity contribution in [3.05, 3.63) is 64.2 Å². The molecule has 2 aromatic carbocycles. The number of methoxy groups -OCH3 is 1. The molecule has 0 bridgehead atoms. The number of fused-ring (bicyclic) bond motifs is 1. The number of hydrogen-bond donors (Lipinski definition) is 0. The average molecular weight is 611 g/mol. The second kappa shape index (κ2) is 11.7. The molecule has 3 rings (SSSR count). The molecule has 41 heavy (non-hydrogen) atoms. The highest BCUT2D eigenvalue weighted by molar-refractivity contribution is 5.90. The van der Waals surface area contributed by atoms with Crippen LogP contribution in [0, 0.1) is 0 Å². The van der Waals surface area contributed by atoms with Crippen LogP contribution in [0.1, 0.15) is 74.1 Å². The van der Waals surface area contributed by atoms with Crippen LogP contribution in [0.3, 0.4) is 0 Å². The van der Waals surface area contributed by atoms with Gasteiger partial charge in [0.1, 0.15) is 0 Å². The minimum Gasteiger partial charge on any atom is -0.453 e. The predicted molar refractivity (Wildman–Crippen MR) is 127 cm³/mol. The first-order valence-electron chi connectivity index (χ1n) is 16.1. The first-order chi connectivity index (χ1) is 22.7. The Labute approximate surface area is 242 Å². The molecule has 0 N–H and O–H groups in total. The van der Waals surface area contributed by atoms with E-state index in [4.69, 9.17) is 13.7 Å². The zero-order chi connectivity index (χ0) is 39.5. The molecule has 0 radical (unpaired) electrons. The van der Waals surface area contributed by atoms with E-state index in [1.54, 1.807) is 0 Å². The maximum Gasteiger partial charge on any atom is 0.416 e. The van der Waals surface area contributed by atoms with E-state index in [-0.39, 0.29) is 40.1 Å². The van der Waals surface area contributed by atoms with Gasteiger partial charge in [0.2, 0.25) is 0 Å². The Morgan fingerprint density at radius 3 is 2.07 bits per heavy atom. The maximum atomic E-state index is 13.9. The van der Waals surface area contributed by atoms with Crippen molar-refractivity contribution in [1.29, 1.82) is 0 Å². The molecule has 1 aliphatic heterocycles. The number of ether oxygens (including phenoxy) is 2. The number of rotatable bonds is 5. The third kappa shape index (κ3) is 6.99. The van der Waals surface area contributed by atoms with Gasteiger partial charge in [-0.2, -0.15) is 39.5 Å². The molecule has 15 heteroatoms. The van der Waals surface area contributed by atoms with Gasteiger partial charge in [0.15, 0.2) is 0 Å². The summed E-state index contributed by atoms with van der Waals surface area (Å²) in [7, 11) is 0.665. The minimum atomic E-state index is -5.38. The normalized spacial score (nSPS) is 22.5. The van der Waals surface area contributed by atoms with Gasteiger partial charge < -0.3 is 9.47 Å². The number of nitrogens with zero attached hydrogens (tertiary/aromatic N) is 2. The lowest BCUT2D eigenvalue weighted by atomic mass is 9.87. The van der Waals surface area contributed by atoms with Gasteiger partial charge in [0.05, 0.1) is 44.8 Å². The van der Waals surface area contributed by atoms with Crippen molar-refractivity contribution >= 4 is 17.9 Å². The van der Waals surface area contributed by atoms with Crippen LogP contribution in [-0.2, 0) is 34.5 Å². The molecule has 2 atom stereocenters. The average Bonchev–Trinajstić information content (AvgIpc) is 2.95. The lowest BCUT2D eigenvalue weighted by molar-refractivity contribution is -0.143. The van der Waals surface area contributed by atoms with E-state index in [1.165, 1.54) is 0 Å². The van der Waals surface area contributed by atoms with E-state index in [9.17, 15) is 49.1 Å². The van der Waals surface area contributed by atoms with Crippen LogP contribution in [0.5, 0.6) is 0 Å². The van der Waals surface area contributed by atoms with Crippen LogP contribution >= 0.6 is 0 Å². The molecule has 226 valence electrons. The SMILES string of the molecule is [2H]C([2H])([2H])C([2H])([2H])OC(=O)N1c2ccc(C(F)(F)F)cc2C(N(Cc2cc(C(F)(F)F)cc(C(F)(F)F)c2)C(=O)OC)CC1C([2H])([2H])C([2H])([2H])[2H]. The molecule has 0 fully saturated rings. The number of carbonyl (C=O) groups excluding carboxylic acids is 2. The van der Waals surface area contributed by atoms with E-state index in [0.29, 0.717) is 13.2 Å². The molecule has 0 saturated heterocycles. The number of halogens is 9. The van der Waals surface area contributed by atoms with Crippen LogP contribution in [-0.4, -0.2) is 36.8 Å². The molecule has 2 aromatic rings. The highest BCUT2D eigenvalue weighted by Gasteiger charge is 2.43. The van der Waals surface area contributed by atoms with Crippen LogP contribution in [0.2, 0.25) is 0 Å². The predicted octanol–water partition coefficient (Wildman–Crippen LogP) is 8.20. The van der Waals surface area contributed by atoms with Crippen LogP contribution in [0.4, 0.5) is 54.8 Å². The maximum absolute atomic E-state index is 13.9. The third-order valence-corrected chi connectivity index (χ3v) is 6.02. The molecule has 0 aromatic heterocycles. The fraction of sp³-hybridized carbons (Fsp3) is 0.462. The zero-order valence-electron chi connectivity index (χ0n) is 30.5. The van der Waals surface area contributed by atoms with Crippen molar-refractivity contribution in [1.82, 2.24) is 4.90 Å². The van der Waals surface area contributed by atoms with Crippen molar-refractivity contribution in [3.63, 3.8) is 0 Å². The van der Waals surface area contributed by atoms with E-state index in [2.05, 4.69) is 9.47 Å². The van der Waals surface area contributed by atoms with Gasteiger partial charge in [-0.15, -0.1) is 0 Å². The van der Waals surface area contributed by atoms with E-state index in [0.717, 1.165) is 0 Å². The number of amides is 2. The lowest BCUT2D eigenvalue weighted by Crippen LogP contribution is -2.48. The van der Waals surface area contributed by atoms with Gasteiger partial charge in [0, 0.05) is 23.6 Å². The summed E-state index contributed by atoms with van der Waals surface area (Å²) in [6.45, 7) is -12.6. The van der Waals surface area contributed by atoms with Crippen LogP contribution in [0.15, 0.2) is 36.4 Å². The number of hydrogen-bond acceptors (Lipinski definition) is 4. The van der Waals surface area contributed by atoms with Gasteiger partial charge in [0.25, 0.3) is 0 Å². The number of alkyl halides is 9. The Hall–Kier alpha value is -3.65. The summed E-state index contributed by atoms with van der Waals surface area (Å²) < 4.78 is 210. The highest BCUT2D eigenvalue weighted by atomic mass is 19.4. The summed E-state index contributed by atoms with van der Waals surface area (Å²) >= 11 is 0. The summed E-state index contributed by atoms with van der Waals surface area (Å²) in [4.78, 5) is 26.9. The molecule has 1 aliphatic rings.